The van der Waals surface area contributed by atoms with Crippen LogP contribution in [0.3, 0.4) is 0 Å². The van der Waals surface area contributed by atoms with Gasteiger partial charge < -0.3 is 9.47 Å². The van der Waals surface area contributed by atoms with E-state index in [9.17, 15) is 9.59 Å². The van der Waals surface area contributed by atoms with E-state index >= 15 is 0 Å². The minimum absolute atomic E-state index is 0.362. The van der Waals surface area contributed by atoms with Crippen LogP contribution in [-0.2, 0) is 30.3 Å². The molecule has 2 atom stereocenters. The Hall–Kier alpha value is -5.74. The Morgan fingerprint density at radius 3 is 1.82 bits per heavy atom. The summed E-state index contributed by atoms with van der Waals surface area (Å²) in [6.07, 6.45) is 1.13. The second-order valence-electron chi connectivity index (χ2n) is 13.6. The predicted octanol–water partition coefficient (Wildman–Crippen LogP) is 11.2. The maximum atomic E-state index is 13.3. The monoisotopic (exact) mass is 654 g/mol. The maximum absolute atomic E-state index is 13.3. The van der Waals surface area contributed by atoms with E-state index in [1.165, 1.54) is 0 Å². The lowest BCUT2D eigenvalue weighted by molar-refractivity contribution is -0.152. The van der Waals surface area contributed by atoms with Gasteiger partial charge in [0.05, 0.1) is 0 Å². The summed E-state index contributed by atoms with van der Waals surface area (Å²) in [6, 6.07) is 38.1. The zero-order valence-corrected chi connectivity index (χ0v) is 28.9. The number of esters is 2. The van der Waals surface area contributed by atoms with Gasteiger partial charge in [-0.25, -0.2) is 9.59 Å². The second kappa shape index (κ2) is 11.4. The van der Waals surface area contributed by atoms with Gasteiger partial charge in [0.25, 0.3) is 0 Å². The molecule has 4 nitrogen and oxygen atoms in total. The highest BCUT2D eigenvalue weighted by atomic mass is 16.6. The average molecular weight is 655 g/mol. The lowest BCUT2D eigenvalue weighted by atomic mass is 9.83. The van der Waals surface area contributed by atoms with Crippen molar-refractivity contribution in [3.05, 3.63) is 156 Å². The van der Waals surface area contributed by atoms with Crippen LogP contribution in [0.15, 0.2) is 133 Å². The predicted molar refractivity (Wildman–Crippen MR) is 202 cm³/mol. The Balaban J connectivity index is 1.36. The van der Waals surface area contributed by atoms with Gasteiger partial charge in [0.1, 0.15) is 0 Å². The minimum atomic E-state index is -0.984. The van der Waals surface area contributed by atoms with Crippen molar-refractivity contribution in [3.63, 3.8) is 0 Å². The molecule has 0 saturated carbocycles. The molecule has 2 aliphatic rings. The first-order valence-electron chi connectivity index (χ1n) is 17.3. The van der Waals surface area contributed by atoms with Crippen molar-refractivity contribution in [1.82, 2.24) is 0 Å². The standard InChI is InChI=1S/C46H38O4/c1-7-45(49-43(47)27(3)4)40-26-31(20-21-35(40)38-24-29-14-9-10-15-30(29)25-41(38)45)32-17-13-18-36-33(32)22-23-37-34-16-11-12-19-39(34)46(8-2,42(36)37)50-44(48)28(5)6/h9-26H,3,5,7-8H2,1-2,4,6H3. The Morgan fingerprint density at radius 1 is 0.540 bits per heavy atom. The molecular weight excluding hydrogens is 617 g/mol. The minimum Gasteiger partial charge on any atom is -0.446 e. The molecule has 0 spiro atoms. The molecule has 0 radical (unpaired) electrons. The van der Waals surface area contributed by atoms with E-state index < -0.39 is 23.1 Å². The van der Waals surface area contributed by atoms with Gasteiger partial charge >= 0.3 is 11.9 Å². The summed E-state index contributed by atoms with van der Waals surface area (Å²) in [5.41, 5.74) is 9.01. The Bertz CT molecular complexity index is 2470. The molecular formula is C46H38O4. The van der Waals surface area contributed by atoms with Crippen molar-refractivity contribution in [3.8, 4) is 33.4 Å². The molecule has 2 unspecified atom stereocenters. The smallest absolute Gasteiger partial charge is 0.334 e. The number of fused-ring (bicyclic) bond motifs is 9. The van der Waals surface area contributed by atoms with Crippen molar-refractivity contribution in [2.24, 2.45) is 0 Å². The summed E-state index contributed by atoms with van der Waals surface area (Å²) in [6.45, 7) is 15.3. The van der Waals surface area contributed by atoms with Crippen molar-refractivity contribution < 1.29 is 19.1 Å². The summed E-state index contributed by atoms with van der Waals surface area (Å²) in [5.74, 6) is -0.821. The Labute approximate surface area is 292 Å². The molecule has 8 rings (SSSR count). The van der Waals surface area contributed by atoms with Gasteiger partial charge in [-0.2, -0.15) is 0 Å². The summed E-state index contributed by atoms with van der Waals surface area (Å²) >= 11 is 0. The van der Waals surface area contributed by atoms with Crippen LogP contribution in [0.1, 0.15) is 62.8 Å². The number of carbonyl (C=O) groups excluding carboxylic acids is 2. The van der Waals surface area contributed by atoms with Crippen LogP contribution < -0.4 is 0 Å². The molecule has 246 valence electrons. The van der Waals surface area contributed by atoms with Gasteiger partial charge in [0.15, 0.2) is 11.2 Å². The summed E-state index contributed by atoms with van der Waals surface area (Å²) < 4.78 is 12.9. The number of rotatable bonds is 7. The van der Waals surface area contributed by atoms with Gasteiger partial charge in [-0.1, -0.05) is 118 Å². The molecule has 0 saturated heterocycles. The van der Waals surface area contributed by atoms with Gasteiger partial charge in [-0.15, -0.1) is 0 Å². The number of carbonyl (C=O) groups is 2. The summed E-state index contributed by atoms with van der Waals surface area (Å²) in [4.78, 5) is 26.6. The Morgan fingerprint density at radius 2 is 1.12 bits per heavy atom. The average Bonchev–Trinajstić information content (AvgIpc) is 3.56. The van der Waals surface area contributed by atoms with E-state index in [0.717, 1.165) is 77.2 Å². The normalized spacial score (nSPS) is 18.2. The molecule has 6 aromatic carbocycles. The van der Waals surface area contributed by atoms with Crippen LogP contribution in [-0.4, -0.2) is 11.9 Å². The lowest BCUT2D eigenvalue weighted by Gasteiger charge is -2.32. The molecule has 4 heteroatoms. The molecule has 50 heavy (non-hydrogen) atoms. The molecule has 6 aromatic rings. The van der Waals surface area contributed by atoms with E-state index in [2.05, 4.69) is 112 Å². The molecule has 0 aromatic heterocycles. The van der Waals surface area contributed by atoms with Crippen molar-refractivity contribution in [2.45, 2.75) is 51.7 Å². The molecule has 0 amide bonds. The van der Waals surface area contributed by atoms with Crippen LogP contribution in [0.25, 0.3) is 54.9 Å². The first-order valence-corrected chi connectivity index (χ1v) is 17.3. The van der Waals surface area contributed by atoms with E-state index in [-0.39, 0.29) is 0 Å². The van der Waals surface area contributed by atoms with Crippen molar-refractivity contribution in [2.75, 3.05) is 0 Å². The first-order chi connectivity index (χ1) is 24.1. The molecule has 2 aliphatic carbocycles. The van der Waals surface area contributed by atoms with E-state index in [1.54, 1.807) is 13.8 Å². The zero-order chi connectivity index (χ0) is 34.9. The van der Waals surface area contributed by atoms with Crippen LogP contribution >= 0.6 is 0 Å². The highest BCUT2D eigenvalue weighted by Crippen LogP contribution is 2.56. The SMILES string of the molecule is C=C(C)C(=O)OC1(CC)c2cc(-c3cccc4c5c(ccc34)-c3ccccc3C5(CC)OC(=O)C(=C)C)ccc2-c2cc3ccccc3cc21. The fraction of sp³-hybridized carbons (Fsp3) is 0.174. The number of hydrogen-bond acceptors (Lipinski definition) is 4. The number of hydrogen-bond donors (Lipinski definition) is 0. The zero-order valence-electron chi connectivity index (χ0n) is 28.9. The van der Waals surface area contributed by atoms with Gasteiger partial charge in [-0.05, 0) is 99.8 Å². The van der Waals surface area contributed by atoms with Crippen LogP contribution in [0.2, 0.25) is 0 Å². The molecule has 0 N–H and O–H groups in total. The lowest BCUT2D eigenvalue weighted by Crippen LogP contribution is -2.31. The van der Waals surface area contributed by atoms with Crippen molar-refractivity contribution in [1.29, 1.82) is 0 Å². The first kappa shape index (κ1) is 31.5. The van der Waals surface area contributed by atoms with E-state index in [4.69, 9.17) is 9.47 Å². The molecule has 0 fully saturated rings. The second-order valence-corrected chi connectivity index (χ2v) is 13.6. The van der Waals surface area contributed by atoms with Gasteiger partial charge in [0.2, 0.25) is 0 Å². The fourth-order valence-electron chi connectivity index (χ4n) is 8.30. The van der Waals surface area contributed by atoms with Crippen molar-refractivity contribution >= 4 is 33.5 Å². The molecule has 0 aliphatic heterocycles. The third kappa shape index (κ3) is 4.37. The largest absolute Gasteiger partial charge is 0.446 e. The highest BCUT2D eigenvalue weighted by Gasteiger charge is 2.48. The maximum Gasteiger partial charge on any atom is 0.334 e. The van der Waals surface area contributed by atoms with E-state index in [1.807, 2.05) is 24.3 Å². The third-order valence-electron chi connectivity index (χ3n) is 10.7. The Kier molecular flexibility index (Phi) is 7.20. The van der Waals surface area contributed by atoms with Crippen LogP contribution in [0.5, 0.6) is 0 Å². The molecule has 0 heterocycles. The molecule has 0 bridgehead atoms. The summed E-state index contributed by atoms with van der Waals surface area (Å²) in [5, 5.41) is 4.30. The number of ether oxygens (including phenoxy) is 2. The fourth-order valence-corrected chi connectivity index (χ4v) is 8.30. The van der Waals surface area contributed by atoms with Gasteiger partial charge in [-0.3, -0.25) is 0 Å². The third-order valence-corrected chi connectivity index (χ3v) is 10.7. The van der Waals surface area contributed by atoms with Crippen LogP contribution in [0, 0.1) is 0 Å². The summed E-state index contributed by atoms with van der Waals surface area (Å²) in [7, 11) is 0. The van der Waals surface area contributed by atoms with E-state index in [0.29, 0.717) is 24.0 Å². The number of benzene rings is 6. The topological polar surface area (TPSA) is 52.6 Å². The highest BCUT2D eigenvalue weighted by molar-refractivity contribution is 6.05. The van der Waals surface area contributed by atoms with Gasteiger partial charge in [0, 0.05) is 33.4 Å². The van der Waals surface area contributed by atoms with Crippen LogP contribution in [0.4, 0.5) is 0 Å². The quantitative estimate of drug-likeness (QED) is 0.127.